The Bertz CT molecular complexity index is 728. The van der Waals surface area contributed by atoms with Gasteiger partial charge < -0.3 is 19.5 Å². The molecular weight excluding hydrogens is 318 g/mol. The second-order valence-corrected chi connectivity index (χ2v) is 6.36. The minimum absolute atomic E-state index is 0.00907. The largest absolute Gasteiger partial charge is 0.369 e. The number of hydrogen-bond acceptors (Lipinski definition) is 5. The molecule has 0 aromatic carbocycles. The summed E-state index contributed by atoms with van der Waals surface area (Å²) in [6.45, 7) is 3.85. The van der Waals surface area contributed by atoms with Crippen molar-refractivity contribution in [3.8, 4) is 0 Å². The Kier molecular flexibility index (Phi) is 5.33. The number of imidazole rings is 1. The number of ether oxygens (including phenoxy) is 1. The van der Waals surface area contributed by atoms with Crippen molar-refractivity contribution in [2.45, 2.75) is 32.5 Å². The number of aryl methyl sites for hydroxylation is 1. The van der Waals surface area contributed by atoms with E-state index < -0.39 is 0 Å². The van der Waals surface area contributed by atoms with E-state index in [1.165, 1.54) is 0 Å². The lowest BCUT2D eigenvalue weighted by molar-refractivity contribution is -0.127. The van der Waals surface area contributed by atoms with E-state index in [0.29, 0.717) is 19.6 Å². The van der Waals surface area contributed by atoms with Crippen molar-refractivity contribution in [1.29, 1.82) is 0 Å². The first-order chi connectivity index (χ1) is 12.1. The molecule has 1 aliphatic rings. The van der Waals surface area contributed by atoms with Crippen molar-refractivity contribution in [2.24, 2.45) is 5.92 Å². The predicted octanol–water partition coefficient (Wildman–Crippen LogP) is 1.76. The molecule has 3 rings (SSSR count). The maximum atomic E-state index is 12.7. The summed E-state index contributed by atoms with van der Waals surface area (Å²) in [6, 6.07) is 5.81. The van der Waals surface area contributed by atoms with Gasteiger partial charge in [0.05, 0.1) is 18.2 Å². The number of amides is 1. The number of aromatic nitrogens is 3. The molecule has 1 saturated heterocycles. The van der Waals surface area contributed by atoms with Crippen LogP contribution in [0.2, 0.25) is 0 Å². The first-order valence-corrected chi connectivity index (χ1v) is 8.63. The Balaban J connectivity index is 1.65. The third-order valence-corrected chi connectivity index (χ3v) is 4.47. The van der Waals surface area contributed by atoms with Crippen LogP contribution in [-0.4, -0.2) is 41.1 Å². The number of carbonyl (C=O) groups is 1. The molecule has 0 bridgehead atoms. The highest BCUT2D eigenvalue weighted by atomic mass is 16.5. The van der Waals surface area contributed by atoms with Crippen LogP contribution in [0.4, 0.5) is 5.82 Å². The van der Waals surface area contributed by atoms with Gasteiger partial charge in [-0.3, -0.25) is 4.79 Å². The van der Waals surface area contributed by atoms with E-state index in [9.17, 15) is 4.79 Å². The summed E-state index contributed by atoms with van der Waals surface area (Å²) in [5.41, 5.74) is 0.838. The number of nitrogens with zero attached hydrogens (tertiary/aromatic N) is 4. The van der Waals surface area contributed by atoms with Gasteiger partial charge in [0.1, 0.15) is 17.7 Å². The summed E-state index contributed by atoms with van der Waals surface area (Å²) in [6.07, 6.45) is 4.10. The molecule has 1 fully saturated rings. The van der Waals surface area contributed by atoms with Gasteiger partial charge in [-0.05, 0) is 25.5 Å². The summed E-state index contributed by atoms with van der Waals surface area (Å²) in [5, 5.41) is 3.00. The van der Waals surface area contributed by atoms with Crippen LogP contribution in [0, 0.1) is 5.92 Å². The summed E-state index contributed by atoms with van der Waals surface area (Å²) >= 11 is 0. The van der Waals surface area contributed by atoms with Crippen molar-refractivity contribution in [2.75, 3.05) is 25.6 Å². The molecule has 0 radical (unpaired) electrons. The minimum atomic E-state index is -0.281. The quantitative estimate of drug-likeness (QED) is 0.865. The molecule has 25 heavy (non-hydrogen) atoms. The van der Waals surface area contributed by atoms with E-state index in [-0.39, 0.29) is 17.9 Å². The van der Waals surface area contributed by atoms with Crippen LogP contribution < -0.4 is 10.2 Å². The number of rotatable bonds is 6. The number of hydrogen-bond donors (Lipinski definition) is 1. The summed E-state index contributed by atoms with van der Waals surface area (Å²) < 4.78 is 7.84. The Labute approximate surface area is 148 Å². The van der Waals surface area contributed by atoms with Crippen molar-refractivity contribution >= 4 is 11.7 Å². The molecule has 0 saturated carbocycles. The van der Waals surface area contributed by atoms with Crippen LogP contribution in [0.5, 0.6) is 0 Å². The smallest absolute Gasteiger partial charge is 0.226 e. The second kappa shape index (κ2) is 7.65. The first kappa shape index (κ1) is 17.4. The summed E-state index contributed by atoms with van der Waals surface area (Å²) in [7, 11) is 3.89. The van der Waals surface area contributed by atoms with Crippen molar-refractivity contribution in [1.82, 2.24) is 19.9 Å². The summed E-state index contributed by atoms with van der Waals surface area (Å²) in [4.78, 5) is 23.5. The number of nitrogens with one attached hydrogen (secondary N) is 1. The highest BCUT2D eigenvalue weighted by molar-refractivity contribution is 5.79. The molecule has 1 aliphatic heterocycles. The third-order valence-electron chi connectivity index (χ3n) is 4.47. The first-order valence-electron chi connectivity index (χ1n) is 8.63. The Hall–Kier alpha value is -2.41. The van der Waals surface area contributed by atoms with Crippen LogP contribution in [-0.2, 0) is 22.6 Å². The fourth-order valence-corrected chi connectivity index (χ4v) is 3.08. The fraction of sp³-hybridized carbons (Fsp3) is 0.500. The van der Waals surface area contributed by atoms with Gasteiger partial charge in [0.25, 0.3) is 0 Å². The SMILES string of the molecule is CCn1ccnc1[C@@H]1OCC[C@H]1C(=O)NCc1cccc(N(C)C)n1. The molecule has 2 atom stereocenters. The van der Waals surface area contributed by atoms with Gasteiger partial charge in [-0.15, -0.1) is 0 Å². The van der Waals surface area contributed by atoms with Crippen molar-refractivity contribution in [3.05, 3.63) is 42.1 Å². The highest BCUT2D eigenvalue weighted by Gasteiger charge is 2.37. The maximum absolute atomic E-state index is 12.7. The molecule has 7 nitrogen and oxygen atoms in total. The molecule has 0 spiro atoms. The molecule has 0 unspecified atom stereocenters. The minimum Gasteiger partial charge on any atom is -0.369 e. The molecule has 2 aromatic rings. The van der Waals surface area contributed by atoms with E-state index in [1.54, 1.807) is 6.20 Å². The fourth-order valence-electron chi connectivity index (χ4n) is 3.08. The van der Waals surface area contributed by atoms with Gasteiger partial charge in [0.2, 0.25) is 5.91 Å². The van der Waals surface area contributed by atoms with E-state index in [0.717, 1.165) is 23.9 Å². The van der Waals surface area contributed by atoms with E-state index in [4.69, 9.17) is 4.74 Å². The standard InChI is InChI=1S/C18H25N5O2/c1-4-23-10-9-19-17(23)16-14(8-11-25-16)18(24)20-12-13-6-5-7-15(21-13)22(2)3/h5-7,9-10,14,16H,4,8,11-12H2,1-3H3,(H,20,24)/t14-,16-/m1/s1. The van der Waals surface area contributed by atoms with Crippen molar-refractivity contribution in [3.63, 3.8) is 0 Å². The van der Waals surface area contributed by atoms with E-state index in [1.807, 2.05) is 48.0 Å². The van der Waals surface area contributed by atoms with Gasteiger partial charge in [-0.2, -0.15) is 0 Å². The van der Waals surface area contributed by atoms with Crippen LogP contribution in [0.1, 0.15) is 31.0 Å². The van der Waals surface area contributed by atoms with E-state index >= 15 is 0 Å². The monoisotopic (exact) mass is 343 g/mol. The molecule has 7 heteroatoms. The zero-order valence-corrected chi connectivity index (χ0v) is 15.0. The van der Waals surface area contributed by atoms with Crippen LogP contribution in [0.15, 0.2) is 30.6 Å². The third kappa shape index (κ3) is 3.82. The normalized spacial score (nSPS) is 19.8. The van der Waals surface area contributed by atoms with Gasteiger partial charge in [0, 0.05) is 39.6 Å². The van der Waals surface area contributed by atoms with Crippen molar-refractivity contribution < 1.29 is 9.53 Å². The molecule has 3 heterocycles. The van der Waals surface area contributed by atoms with Crippen LogP contribution in [0.25, 0.3) is 0 Å². The number of carbonyl (C=O) groups excluding carboxylic acids is 1. The van der Waals surface area contributed by atoms with Gasteiger partial charge in [-0.1, -0.05) is 6.07 Å². The average Bonchev–Trinajstić information content (AvgIpc) is 3.28. The zero-order valence-electron chi connectivity index (χ0n) is 15.0. The molecule has 1 amide bonds. The molecular formula is C18H25N5O2. The lowest BCUT2D eigenvalue weighted by Gasteiger charge is -2.19. The van der Waals surface area contributed by atoms with Gasteiger partial charge in [0.15, 0.2) is 0 Å². The molecule has 1 N–H and O–H groups in total. The number of pyridine rings is 1. The summed E-state index contributed by atoms with van der Waals surface area (Å²) in [5.74, 6) is 1.47. The van der Waals surface area contributed by atoms with Gasteiger partial charge >= 0.3 is 0 Å². The average molecular weight is 343 g/mol. The molecule has 2 aromatic heterocycles. The zero-order chi connectivity index (χ0) is 17.8. The maximum Gasteiger partial charge on any atom is 0.226 e. The van der Waals surface area contributed by atoms with Crippen LogP contribution in [0.3, 0.4) is 0 Å². The Morgan fingerprint density at radius 3 is 3.04 bits per heavy atom. The highest BCUT2D eigenvalue weighted by Crippen LogP contribution is 2.33. The lowest BCUT2D eigenvalue weighted by Crippen LogP contribution is -2.33. The topological polar surface area (TPSA) is 72.3 Å². The molecule has 134 valence electrons. The predicted molar refractivity (Wildman–Crippen MR) is 95.1 cm³/mol. The second-order valence-electron chi connectivity index (χ2n) is 6.36. The van der Waals surface area contributed by atoms with E-state index in [2.05, 4.69) is 22.2 Å². The van der Waals surface area contributed by atoms with Crippen LogP contribution >= 0.6 is 0 Å². The Morgan fingerprint density at radius 2 is 2.28 bits per heavy atom. The number of anilines is 1. The Morgan fingerprint density at radius 1 is 1.44 bits per heavy atom. The molecule has 0 aliphatic carbocycles. The lowest BCUT2D eigenvalue weighted by atomic mass is 9.99. The van der Waals surface area contributed by atoms with Gasteiger partial charge in [-0.25, -0.2) is 9.97 Å².